The van der Waals surface area contributed by atoms with Crippen LogP contribution >= 0.6 is 0 Å². The van der Waals surface area contributed by atoms with Crippen molar-refractivity contribution in [3.8, 4) is 11.4 Å². The second-order valence-electron chi connectivity index (χ2n) is 6.63. The molecule has 128 valence electrons. The van der Waals surface area contributed by atoms with E-state index in [9.17, 15) is 0 Å². The highest BCUT2D eigenvalue weighted by molar-refractivity contribution is 5.92. The summed E-state index contributed by atoms with van der Waals surface area (Å²) in [4.78, 5) is 13.8. The van der Waals surface area contributed by atoms with Gasteiger partial charge in [0.2, 0.25) is 0 Å². The lowest BCUT2D eigenvalue weighted by Crippen LogP contribution is -2.24. The van der Waals surface area contributed by atoms with Crippen LogP contribution in [0, 0.1) is 0 Å². The fourth-order valence-electron chi connectivity index (χ4n) is 3.66. The van der Waals surface area contributed by atoms with Crippen LogP contribution in [0.4, 0.5) is 0 Å². The first-order valence-electron chi connectivity index (χ1n) is 8.91. The van der Waals surface area contributed by atoms with Gasteiger partial charge in [0.05, 0.1) is 12.1 Å². The van der Waals surface area contributed by atoms with Crippen molar-refractivity contribution in [3.63, 3.8) is 0 Å². The zero-order chi connectivity index (χ0) is 17.3. The number of fused-ring (bicyclic) bond motifs is 2. The predicted octanol–water partition coefficient (Wildman–Crippen LogP) is 3.19. The van der Waals surface area contributed by atoms with Crippen LogP contribution in [0.5, 0.6) is 0 Å². The highest BCUT2D eigenvalue weighted by atomic mass is 15.1. The van der Waals surface area contributed by atoms with E-state index in [2.05, 4.69) is 43.0 Å². The maximum absolute atomic E-state index is 4.67. The molecule has 0 unspecified atom stereocenters. The number of pyridine rings is 2. The number of benzene rings is 1. The quantitative estimate of drug-likeness (QED) is 0.622. The van der Waals surface area contributed by atoms with Crippen molar-refractivity contribution in [2.45, 2.75) is 19.5 Å². The summed E-state index contributed by atoms with van der Waals surface area (Å²) < 4.78 is 2.18. The van der Waals surface area contributed by atoms with Crippen molar-refractivity contribution in [3.05, 3.63) is 78.0 Å². The largest absolute Gasteiger partial charge is 0.326 e. The maximum Gasteiger partial charge on any atom is 0.140 e. The summed E-state index contributed by atoms with van der Waals surface area (Å²) in [6, 6.07) is 12.5. The van der Waals surface area contributed by atoms with Crippen molar-refractivity contribution in [2.75, 3.05) is 6.54 Å². The van der Waals surface area contributed by atoms with Gasteiger partial charge in [0, 0.05) is 60.9 Å². The molecule has 0 atom stereocenters. The third-order valence-corrected chi connectivity index (χ3v) is 4.93. The zero-order valence-corrected chi connectivity index (χ0v) is 14.4. The number of nitrogens with zero attached hydrogens (tertiary/aromatic N) is 4. The van der Waals surface area contributed by atoms with Gasteiger partial charge >= 0.3 is 0 Å². The zero-order valence-electron chi connectivity index (χ0n) is 14.4. The molecule has 5 rings (SSSR count). The third-order valence-electron chi connectivity index (χ3n) is 4.93. The van der Waals surface area contributed by atoms with E-state index in [4.69, 9.17) is 0 Å². The Kier molecular flexibility index (Phi) is 3.72. The van der Waals surface area contributed by atoms with Crippen LogP contribution in [0.2, 0.25) is 0 Å². The monoisotopic (exact) mass is 341 g/mol. The Morgan fingerprint density at radius 3 is 3.04 bits per heavy atom. The molecule has 26 heavy (non-hydrogen) atoms. The molecular formula is C21H19N5. The Bertz CT molecular complexity index is 1080. The highest BCUT2D eigenvalue weighted by Gasteiger charge is 2.13. The smallest absolute Gasteiger partial charge is 0.140 e. The molecule has 0 fully saturated rings. The fourth-order valence-corrected chi connectivity index (χ4v) is 3.66. The second-order valence-corrected chi connectivity index (χ2v) is 6.63. The van der Waals surface area contributed by atoms with Gasteiger partial charge in [-0.15, -0.1) is 0 Å². The van der Waals surface area contributed by atoms with Gasteiger partial charge in [-0.1, -0.05) is 18.2 Å². The van der Waals surface area contributed by atoms with Crippen molar-refractivity contribution < 1.29 is 0 Å². The van der Waals surface area contributed by atoms with Gasteiger partial charge in [0.15, 0.2) is 0 Å². The van der Waals surface area contributed by atoms with Gasteiger partial charge in [0.25, 0.3) is 0 Å². The Morgan fingerprint density at radius 2 is 2.04 bits per heavy atom. The molecule has 0 bridgehead atoms. The topological polar surface area (TPSA) is 55.6 Å². The Morgan fingerprint density at radius 1 is 1.04 bits per heavy atom. The van der Waals surface area contributed by atoms with Crippen LogP contribution in [-0.2, 0) is 19.5 Å². The molecule has 0 amide bonds. The van der Waals surface area contributed by atoms with Gasteiger partial charge in [-0.2, -0.15) is 0 Å². The Labute approximate surface area is 151 Å². The first-order chi connectivity index (χ1) is 12.9. The number of imidazole rings is 1. The number of hydrogen-bond donors (Lipinski definition) is 1. The minimum Gasteiger partial charge on any atom is -0.326 e. The van der Waals surface area contributed by atoms with E-state index in [-0.39, 0.29) is 0 Å². The molecule has 1 aromatic carbocycles. The summed E-state index contributed by atoms with van der Waals surface area (Å²) in [5.41, 5.74) is 5.82. The van der Waals surface area contributed by atoms with Gasteiger partial charge in [-0.05, 0) is 29.3 Å². The minimum atomic E-state index is 0.756. The van der Waals surface area contributed by atoms with E-state index >= 15 is 0 Å². The lowest BCUT2D eigenvalue weighted by Gasteiger charge is -2.17. The van der Waals surface area contributed by atoms with Crippen LogP contribution in [0.3, 0.4) is 0 Å². The number of hydrogen-bond acceptors (Lipinski definition) is 4. The van der Waals surface area contributed by atoms with Crippen LogP contribution in [0.1, 0.15) is 16.8 Å². The second kappa shape index (κ2) is 6.35. The van der Waals surface area contributed by atoms with Gasteiger partial charge in [-0.3, -0.25) is 9.97 Å². The molecule has 4 heterocycles. The summed E-state index contributed by atoms with van der Waals surface area (Å²) >= 11 is 0. The van der Waals surface area contributed by atoms with E-state index in [1.165, 1.54) is 16.8 Å². The van der Waals surface area contributed by atoms with E-state index < -0.39 is 0 Å². The Hall–Kier alpha value is -3.05. The molecule has 5 nitrogen and oxygen atoms in total. The lowest BCUT2D eigenvalue weighted by molar-refractivity contribution is 0.627. The fraction of sp³-hybridized carbons (Fsp3) is 0.190. The lowest BCUT2D eigenvalue weighted by atomic mass is 10.0. The first-order valence-corrected chi connectivity index (χ1v) is 8.91. The van der Waals surface area contributed by atoms with Crippen molar-refractivity contribution in [1.29, 1.82) is 0 Å². The molecule has 0 aliphatic carbocycles. The molecule has 0 spiro atoms. The first kappa shape index (κ1) is 15.2. The van der Waals surface area contributed by atoms with Crippen LogP contribution in [-0.4, -0.2) is 26.1 Å². The Balaban J connectivity index is 1.53. The minimum absolute atomic E-state index is 0.756. The molecule has 3 aromatic heterocycles. The summed E-state index contributed by atoms with van der Waals surface area (Å²) in [5.74, 6) is 0.958. The van der Waals surface area contributed by atoms with Crippen LogP contribution in [0.25, 0.3) is 22.3 Å². The van der Waals surface area contributed by atoms with Crippen molar-refractivity contribution in [2.24, 2.45) is 0 Å². The number of rotatable bonds is 3. The van der Waals surface area contributed by atoms with Crippen molar-refractivity contribution >= 4 is 10.9 Å². The number of nitrogens with one attached hydrogen (secondary N) is 1. The average molecular weight is 341 g/mol. The van der Waals surface area contributed by atoms with E-state index in [0.717, 1.165) is 48.3 Å². The molecule has 0 radical (unpaired) electrons. The highest BCUT2D eigenvalue weighted by Crippen LogP contribution is 2.27. The van der Waals surface area contributed by atoms with Gasteiger partial charge < -0.3 is 9.88 Å². The summed E-state index contributed by atoms with van der Waals surface area (Å²) in [7, 11) is 0. The maximum atomic E-state index is 4.67. The van der Waals surface area contributed by atoms with Crippen molar-refractivity contribution in [1.82, 2.24) is 24.8 Å². The van der Waals surface area contributed by atoms with E-state index in [1.807, 2.05) is 43.0 Å². The third kappa shape index (κ3) is 2.66. The van der Waals surface area contributed by atoms with E-state index in [0.29, 0.717) is 0 Å². The summed E-state index contributed by atoms with van der Waals surface area (Å²) in [6.07, 6.45) is 8.72. The summed E-state index contributed by atoms with van der Waals surface area (Å²) in [6.45, 7) is 2.67. The normalized spacial score (nSPS) is 13.7. The molecule has 0 saturated carbocycles. The van der Waals surface area contributed by atoms with E-state index in [1.54, 1.807) is 0 Å². The SMILES string of the molecule is c1cc(-c2nccn2Cc2cnc3c(c2)CNCC3)c2cccnc2c1. The molecule has 1 aliphatic heterocycles. The number of aromatic nitrogens is 4. The molecule has 1 N–H and O–H groups in total. The molecule has 4 aromatic rings. The predicted molar refractivity (Wildman–Crippen MR) is 102 cm³/mol. The van der Waals surface area contributed by atoms with Gasteiger partial charge in [0.1, 0.15) is 5.82 Å². The molecular weight excluding hydrogens is 322 g/mol. The average Bonchev–Trinajstić information content (AvgIpc) is 3.15. The van der Waals surface area contributed by atoms with Crippen LogP contribution in [0.15, 0.2) is 61.2 Å². The molecule has 5 heteroatoms. The standard InChI is InChI=1S/C21H19N5/c1-3-18(17-4-2-7-23-20(17)5-1)21-24-9-10-26(21)14-15-11-16-13-22-8-6-19(16)25-12-15/h1-5,7,9-12,22H,6,8,13-14H2. The van der Waals surface area contributed by atoms with Gasteiger partial charge in [-0.25, -0.2) is 4.98 Å². The molecule has 0 saturated heterocycles. The summed E-state index contributed by atoms with van der Waals surface area (Å²) in [5, 5.41) is 4.54. The van der Waals surface area contributed by atoms with Crippen LogP contribution < -0.4 is 5.32 Å². The molecule has 1 aliphatic rings.